The van der Waals surface area contributed by atoms with Crippen molar-refractivity contribution in [3.63, 3.8) is 0 Å². The first-order valence-electron chi connectivity index (χ1n) is 5.74. The van der Waals surface area contributed by atoms with E-state index in [2.05, 4.69) is 27.4 Å². The summed E-state index contributed by atoms with van der Waals surface area (Å²) in [6.07, 6.45) is 6.13. The zero-order valence-corrected chi connectivity index (χ0v) is 9.79. The second kappa shape index (κ2) is 4.48. The third-order valence-corrected chi connectivity index (χ3v) is 3.64. The summed E-state index contributed by atoms with van der Waals surface area (Å²) >= 11 is 0. The van der Waals surface area contributed by atoms with Crippen LogP contribution < -0.4 is 0 Å². The van der Waals surface area contributed by atoms with Crippen LogP contribution in [-0.4, -0.2) is 11.2 Å². The van der Waals surface area contributed by atoms with Gasteiger partial charge in [-0.25, -0.2) is 0 Å². The largest absolute Gasteiger partial charge is 0.393 e. The minimum absolute atomic E-state index is 0.0911. The first kappa shape index (κ1) is 11.8. The second-order valence-corrected chi connectivity index (χ2v) is 5.73. The fourth-order valence-electron chi connectivity index (χ4n) is 2.50. The lowest BCUT2D eigenvalue weighted by Gasteiger charge is -2.39. The summed E-state index contributed by atoms with van der Waals surface area (Å²) in [5.41, 5.74) is 0.388. The van der Waals surface area contributed by atoms with Gasteiger partial charge in [0.1, 0.15) is 0 Å². The van der Waals surface area contributed by atoms with Gasteiger partial charge in [-0.15, -0.1) is 6.58 Å². The summed E-state index contributed by atoms with van der Waals surface area (Å²) in [7, 11) is 0. The lowest BCUT2D eigenvalue weighted by atomic mass is 9.67. The highest BCUT2D eigenvalue weighted by Gasteiger charge is 2.34. The van der Waals surface area contributed by atoms with Gasteiger partial charge in [-0.3, -0.25) is 0 Å². The van der Waals surface area contributed by atoms with Gasteiger partial charge in [-0.05, 0) is 42.9 Å². The smallest absolute Gasteiger partial charge is 0.0571 e. The van der Waals surface area contributed by atoms with E-state index in [-0.39, 0.29) is 6.10 Å². The molecule has 3 atom stereocenters. The summed E-state index contributed by atoms with van der Waals surface area (Å²) in [5, 5.41) is 9.84. The zero-order valence-electron chi connectivity index (χ0n) is 9.79. The molecule has 3 unspecified atom stereocenters. The van der Waals surface area contributed by atoms with Crippen molar-refractivity contribution >= 4 is 0 Å². The van der Waals surface area contributed by atoms with Gasteiger partial charge >= 0.3 is 0 Å². The molecular weight excluding hydrogens is 172 g/mol. The highest BCUT2D eigenvalue weighted by Crippen LogP contribution is 2.41. The van der Waals surface area contributed by atoms with Crippen molar-refractivity contribution in [1.82, 2.24) is 0 Å². The van der Waals surface area contributed by atoms with E-state index in [0.717, 1.165) is 25.2 Å². The van der Waals surface area contributed by atoms with Crippen molar-refractivity contribution in [2.45, 2.75) is 52.6 Å². The summed E-state index contributed by atoms with van der Waals surface area (Å²) in [5.74, 6) is 1.21. The quantitative estimate of drug-likeness (QED) is 0.671. The van der Waals surface area contributed by atoms with Gasteiger partial charge in [-0.1, -0.05) is 26.8 Å². The van der Waals surface area contributed by atoms with Crippen LogP contribution in [-0.2, 0) is 0 Å². The maximum Gasteiger partial charge on any atom is 0.0571 e. The molecule has 0 aromatic rings. The second-order valence-electron chi connectivity index (χ2n) is 5.73. The van der Waals surface area contributed by atoms with Gasteiger partial charge in [0.15, 0.2) is 0 Å². The van der Waals surface area contributed by atoms with E-state index in [1.165, 1.54) is 6.42 Å². The van der Waals surface area contributed by atoms with Crippen molar-refractivity contribution < 1.29 is 5.11 Å². The monoisotopic (exact) mass is 196 g/mol. The number of aliphatic hydroxyl groups is 1. The third-order valence-electron chi connectivity index (χ3n) is 3.64. The summed E-state index contributed by atoms with van der Waals surface area (Å²) in [6, 6.07) is 0. The molecule has 1 N–H and O–H groups in total. The lowest BCUT2D eigenvalue weighted by molar-refractivity contribution is 0.0208. The normalized spacial score (nSPS) is 34.1. The van der Waals surface area contributed by atoms with E-state index in [1.54, 1.807) is 0 Å². The van der Waals surface area contributed by atoms with Crippen LogP contribution >= 0.6 is 0 Å². The Labute approximate surface area is 88.2 Å². The summed E-state index contributed by atoms with van der Waals surface area (Å²) < 4.78 is 0. The van der Waals surface area contributed by atoms with Gasteiger partial charge in [0.2, 0.25) is 0 Å². The molecule has 0 amide bonds. The van der Waals surface area contributed by atoms with Crippen molar-refractivity contribution in [1.29, 1.82) is 0 Å². The van der Waals surface area contributed by atoms with Crippen molar-refractivity contribution in [2.75, 3.05) is 0 Å². The van der Waals surface area contributed by atoms with Gasteiger partial charge < -0.3 is 5.11 Å². The van der Waals surface area contributed by atoms with E-state index in [4.69, 9.17) is 0 Å². The van der Waals surface area contributed by atoms with Crippen LogP contribution in [0.2, 0.25) is 0 Å². The van der Waals surface area contributed by atoms with Crippen molar-refractivity contribution in [3.05, 3.63) is 12.7 Å². The van der Waals surface area contributed by atoms with Gasteiger partial charge in [0.05, 0.1) is 6.10 Å². The minimum atomic E-state index is -0.0911. The molecule has 0 heterocycles. The minimum Gasteiger partial charge on any atom is -0.393 e. The number of hydrogen-bond acceptors (Lipinski definition) is 1. The van der Waals surface area contributed by atoms with E-state index in [0.29, 0.717) is 11.3 Å². The molecule has 0 radical (unpaired) electrons. The van der Waals surface area contributed by atoms with Crippen molar-refractivity contribution in [3.8, 4) is 0 Å². The summed E-state index contributed by atoms with van der Waals surface area (Å²) in [6.45, 7) is 10.7. The molecule has 0 bridgehead atoms. The SMILES string of the molecule is C=CCC1CC(C(C)(C)C)CCC1O. The van der Waals surface area contributed by atoms with E-state index < -0.39 is 0 Å². The molecule has 1 aliphatic rings. The molecule has 1 rings (SSSR count). The topological polar surface area (TPSA) is 20.2 Å². The van der Waals surface area contributed by atoms with Crippen LogP contribution in [0.3, 0.4) is 0 Å². The van der Waals surface area contributed by atoms with Gasteiger partial charge in [0.25, 0.3) is 0 Å². The van der Waals surface area contributed by atoms with Crippen molar-refractivity contribution in [2.24, 2.45) is 17.3 Å². The standard InChI is InChI=1S/C13H24O/c1-5-6-10-9-11(13(2,3)4)7-8-12(10)14/h5,10-12,14H,1,6-9H2,2-4H3. The Morgan fingerprint density at radius 3 is 2.50 bits per heavy atom. The predicted octanol–water partition coefficient (Wildman–Crippen LogP) is 3.39. The first-order valence-corrected chi connectivity index (χ1v) is 5.74. The Hall–Kier alpha value is -0.300. The average Bonchev–Trinajstić information content (AvgIpc) is 2.07. The third kappa shape index (κ3) is 2.84. The molecule has 1 saturated carbocycles. The van der Waals surface area contributed by atoms with E-state index in [1.807, 2.05) is 6.08 Å². The summed E-state index contributed by atoms with van der Waals surface area (Å²) in [4.78, 5) is 0. The van der Waals surface area contributed by atoms with E-state index in [9.17, 15) is 5.11 Å². The molecule has 82 valence electrons. The maximum atomic E-state index is 9.84. The Bertz CT molecular complexity index is 190. The predicted molar refractivity (Wildman–Crippen MR) is 61.1 cm³/mol. The maximum absolute atomic E-state index is 9.84. The van der Waals surface area contributed by atoms with Crippen LogP contribution in [0, 0.1) is 17.3 Å². The Morgan fingerprint density at radius 2 is 2.00 bits per heavy atom. The zero-order chi connectivity index (χ0) is 10.8. The molecule has 0 aromatic carbocycles. The Morgan fingerprint density at radius 1 is 1.36 bits per heavy atom. The highest BCUT2D eigenvalue weighted by atomic mass is 16.3. The van der Waals surface area contributed by atoms with E-state index >= 15 is 0 Å². The molecule has 0 aromatic heterocycles. The Kier molecular flexibility index (Phi) is 3.77. The van der Waals surface area contributed by atoms with Crippen LogP contribution in [0.1, 0.15) is 46.5 Å². The lowest BCUT2D eigenvalue weighted by Crippen LogP contribution is -2.34. The van der Waals surface area contributed by atoms with Crippen LogP contribution in [0.4, 0.5) is 0 Å². The molecule has 0 spiro atoms. The number of aliphatic hydroxyl groups excluding tert-OH is 1. The molecule has 1 fully saturated rings. The number of rotatable bonds is 2. The molecule has 1 nitrogen and oxygen atoms in total. The average molecular weight is 196 g/mol. The molecule has 1 heteroatoms. The van der Waals surface area contributed by atoms with Crippen LogP contribution in [0.15, 0.2) is 12.7 Å². The van der Waals surface area contributed by atoms with Crippen LogP contribution in [0.25, 0.3) is 0 Å². The molecule has 14 heavy (non-hydrogen) atoms. The first-order chi connectivity index (χ1) is 6.45. The fourth-order valence-corrected chi connectivity index (χ4v) is 2.50. The molecule has 1 aliphatic carbocycles. The molecular formula is C13H24O. The van der Waals surface area contributed by atoms with Crippen LogP contribution in [0.5, 0.6) is 0 Å². The fraction of sp³-hybridized carbons (Fsp3) is 0.846. The number of allylic oxidation sites excluding steroid dienone is 1. The van der Waals surface area contributed by atoms with Gasteiger partial charge in [0, 0.05) is 0 Å². The Balaban J connectivity index is 2.57. The highest BCUT2D eigenvalue weighted by molar-refractivity contribution is 4.88. The van der Waals surface area contributed by atoms with Gasteiger partial charge in [-0.2, -0.15) is 0 Å². The molecule has 0 aliphatic heterocycles. The molecule has 0 saturated heterocycles. The number of hydrogen-bond donors (Lipinski definition) is 1.